The average Bonchev–Trinajstić information content (AvgIpc) is 4.07. The number of ether oxygens (including phenoxy) is 4. The van der Waals surface area contributed by atoms with Gasteiger partial charge >= 0.3 is 0 Å². The van der Waals surface area contributed by atoms with Gasteiger partial charge in [-0.25, -0.2) is 9.97 Å². The highest BCUT2D eigenvalue weighted by Crippen LogP contribution is 2.47. The van der Waals surface area contributed by atoms with Gasteiger partial charge in [0.1, 0.15) is 23.0 Å². The predicted molar refractivity (Wildman–Crippen MR) is 280 cm³/mol. The van der Waals surface area contributed by atoms with Gasteiger partial charge in [-0.2, -0.15) is 0 Å². The van der Waals surface area contributed by atoms with Crippen molar-refractivity contribution >= 4 is 86.7 Å². The molecule has 0 saturated heterocycles. The fourth-order valence-electron chi connectivity index (χ4n) is 11.0. The highest BCUT2D eigenvalue weighted by molar-refractivity contribution is 6.17. The Morgan fingerprint density at radius 3 is 0.794 bits per heavy atom. The summed E-state index contributed by atoms with van der Waals surface area (Å²) in [6.45, 7) is 8.62. The molecular formula is C60H46N4O4. The summed E-state index contributed by atoms with van der Waals surface area (Å²) in [5.41, 5.74) is 16.0. The van der Waals surface area contributed by atoms with Crippen LogP contribution in [0.3, 0.4) is 0 Å². The van der Waals surface area contributed by atoms with Crippen LogP contribution < -0.4 is 18.9 Å². The Balaban J connectivity index is 1.25. The average molecular weight is 887 g/mol. The number of methoxy groups -OCH3 is 4. The number of H-pyrrole nitrogens is 2. The number of aromatic nitrogens is 4. The first-order valence-electron chi connectivity index (χ1n) is 22.9. The van der Waals surface area contributed by atoms with Gasteiger partial charge in [0.25, 0.3) is 0 Å². The number of aryl methyl sites for hydroxylation is 4. The molecule has 2 aliphatic heterocycles. The molecule has 0 aliphatic carbocycles. The van der Waals surface area contributed by atoms with Gasteiger partial charge in [-0.05, 0) is 169 Å². The highest BCUT2D eigenvalue weighted by atomic mass is 16.5. The minimum atomic E-state index is 0.820. The molecule has 8 heteroatoms. The zero-order valence-corrected chi connectivity index (χ0v) is 39.1. The lowest BCUT2D eigenvalue weighted by molar-refractivity contribution is 0.419. The third-order valence-corrected chi connectivity index (χ3v) is 14.6. The number of hydrogen-bond donors (Lipinski definition) is 2. The van der Waals surface area contributed by atoms with Crippen LogP contribution in [0.25, 0.3) is 132 Å². The quantitative estimate of drug-likeness (QED) is 0.183. The molecule has 13 rings (SSSR count). The third kappa shape index (κ3) is 5.73. The molecule has 0 spiro atoms. The van der Waals surface area contributed by atoms with Gasteiger partial charge in [0.15, 0.2) is 0 Å². The predicted octanol–water partition coefficient (Wildman–Crippen LogP) is 15.2. The van der Waals surface area contributed by atoms with Crippen LogP contribution in [-0.2, 0) is 0 Å². The van der Waals surface area contributed by atoms with Gasteiger partial charge in [0.2, 0.25) is 0 Å². The molecule has 3 aromatic heterocycles. The lowest BCUT2D eigenvalue weighted by atomic mass is 9.95. The van der Waals surface area contributed by atoms with E-state index in [-0.39, 0.29) is 0 Å². The second kappa shape index (κ2) is 14.6. The van der Waals surface area contributed by atoms with Crippen molar-refractivity contribution in [3.05, 3.63) is 144 Å². The number of nitrogens with one attached hydrogen (secondary N) is 2. The monoisotopic (exact) mass is 886 g/mol. The van der Waals surface area contributed by atoms with E-state index in [4.69, 9.17) is 28.9 Å². The van der Waals surface area contributed by atoms with Crippen LogP contribution >= 0.6 is 0 Å². The topological polar surface area (TPSA) is 94.3 Å². The minimum Gasteiger partial charge on any atom is -0.496 e. The van der Waals surface area contributed by atoms with Crippen molar-refractivity contribution in [1.82, 2.24) is 19.9 Å². The first-order chi connectivity index (χ1) is 33.1. The molecule has 330 valence electrons. The second-order valence-corrected chi connectivity index (χ2v) is 18.4. The Kier molecular flexibility index (Phi) is 8.56. The smallest absolute Gasteiger partial charge is 0.126 e. The molecule has 8 nitrogen and oxygen atoms in total. The van der Waals surface area contributed by atoms with E-state index < -0.39 is 0 Å². The van der Waals surface area contributed by atoms with Crippen LogP contribution in [0.4, 0.5) is 0 Å². The van der Waals surface area contributed by atoms with Gasteiger partial charge in [-0.15, -0.1) is 0 Å². The number of rotatable bonds is 4. The minimum absolute atomic E-state index is 0.820. The fraction of sp³-hybridized carbons (Fsp3) is 0.133. The van der Waals surface area contributed by atoms with E-state index in [1.165, 1.54) is 16.7 Å². The summed E-state index contributed by atoms with van der Waals surface area (Å²) >= 11 is 0. The van der Waals surface area contributed by atoms with Crippen LogP contribution in [0.1, 0.15) is 22.3 Å². The Hall–Kier alpha value is -8.36. The zero-order chi connectivity index (χ0) is 46.3. The first-order valence-corrected chi connectivity index (χ1v) is 22.9. The summed E-state index contributed by atoms with van der Waals surface area (Å²) in [6, 6.07) is 43.7. The van der Waals surface area contributed by atoms with Crippen molar-refractivity contribution in [2.75, 3.05) is 28.4 Å². The summed E-state index contributed by atoms with van der Waals surface area (Å²) in [5, 5.41) is 12.9. The number of hydrogen-bond acceptors (Lipinski definition) is 6. The lowest BCUT2D eigenvalue weighted by Crippen LogP contribution is -1.89. The van der Waals surface area contributed by atoms with Gasteiger partial charge < -0.3 is 28.9 Å². The Morgan fingerprint density at radius 1 is 0.279 bits per heavy atom. The molecule has 0 radical (unpaired) electrons. The molecule has 8 bridgehead atoms. The van der Waals surface area contributed by atoms with E-state index in [0.29, 0.717) is 0 Å². The van der Waals surface area contributed by atoms with E-state index >= 15 is 0 Å². The van der Waals surface area contributed by atoms with Crippen LogP contribution in [0.2, 0.25) is 0 Å². The van der Waals surface area contributed by atoms with Crippen molar-refractivity contribution in [3.8, 4) is 68.0 Å². The maximum atomic E-state index is 5.98. The van der Waals surface area contributed by atoms with Gasteiger partial charge in [-0.3, -0.25) is 0 Å². The van der Waals surface area contributed by atoms with Crippen LogP contribution in [0, 0.1) is 27.7 Å². The zero-order valence-electron chi connectivity index (χ0n) is 39.1. The van der Waals surface area contributed by atoms with E-state index in [9.17, 15) is 0 Å². The van der Waals surface area contributed by atoms with Crippen molar-refractivity contribution in [3.63, 3.8) is 0 Å². The van der Waals surface area contributed by atoms with Gasteiger partial charge in [-0.1, -0.05) is 24.3 Å². The molecule has 0 unspecified atom stereocenters. The largest absolute Gasteiger partial charge is 0.496 e. The first kappa shape index (κ1) is 40.0. The highest BCUT2D eigenvalue weighted by Gasteiger charge is 2.24. The fourth-order valence-corrected chi connectivity index (χ4v) is 11.0. The summed E-state index contributed by atoms with van der Waals surface area (Å²) in [7, 11) is 6.94. The number of fused-ring (bicyclic) bond motifs is 24. The van der Waals surface area contributed by atoms with Crippen LogP contribution in [-0.4, -0.2) is 48.4 Å². The second-order valence-electron chi connectivity index (χ2n) is 18.4. The van der Waals surface area contributed by atoms with Crippen molar-refractivity contribution in [2.45, 2.75) is 27.7 Å². The maximum Gasteiger partial charge on any atom is 0.126 e. The standard InChI is InChI=1S/C60H46N4O4/c1-29-9-13-57(65-5)45-21-41-37(17-33(29)45)49-25-50-38-18-34-30(2)10-14-58(66-6)46(34)22-42(38)54(62-50)27-52-40-20-36-32(4)12-16-60(68-8)48(36)24-44(40)56(64-52)28-55-43-23-47-35(31(3)11-15-59(47)67-7)19-39(43)51(63-55)26-53(41)61-49/h9-28,61,64H,1-8H3. The summed E-state index contributed by atoms with van der Waals surface area (Å²) in [6.07, 6.45) is 0. The van der Waals surface area contributed by atoms with Crippen LogP contribution in [0.5, 0.6) is 23.0 Å². The van der Waals surface area contributed by atoms with E-state index in [2.05, 4.69) is 159 Å². The van der Waals surface area contributed by atoms with E-state index in [1.807, 2.05) is 0 Å². The molecule has 5 heterocycles. The van der Waals surface area contributed by atoms with E-state index in [0.717, 1.165) is 160 Å². The number of benzene rings is 8. The molecule has 0 atom stereocenters. The van der Waals surface area contributed by atoms with Gasteiger partial charge in [0.05, 0.1) is 51.2 Å². The molecule has 8 aromatic carbocycles. The Labute approximate surface area is 391 Å². The molecule has 0 amide bonds. The van der Waals surface area contributed by atoms with E-state index in [1.54, 1.807) is 28.4 Å². The van der Waals surface area contributed by atoms with Crippen molar-refractivity contribution in [1.29, 1.82) is 0 Å². The van der Waals surface area contributed by atoms with Crippen molar-refractivity contribution in [2.24, 2.45) is 0 Å². The Morgan fingerprint density at radius 2 is 0.515 bits per heavy atom. The molecule has 0 saturated carbocycles. The summed E-state index contributed by atoms with van der Waals surface area (Å²) < 4.78 is 23.9. The number of aromatic amines is 2. The summed E-state index contributed by atoms with van der Waals surface area (Å²) in [4.78, 5) is 18.9. The van der Waals surface area contributed by atoms with Crippen molar-refractivity contribution < 1.29 is 18.9 Å². The Bertz CT molecular complexity index is 4260. The summed E-state index contributed by atoms with van der Waals surface area (Å²) in [5.74, 6) is 3.29. The third-order valence-electron chi connectivity index (χ3n) is 14.6. The molecule has 68 heavy (non-hydrogen) atoms. The SMILES string of the molecule is COc1ccc(C)c2cc3c(cc12)-c1cc2[nH]c(cc4nc(cc5[nH]c(cc-3n1)c1cc3c(C)ccc(OC)c3cc51)-c1cc3c(C)ccc(OC)c3cc1-4)c1cc3c(OC)ccc(C)c3cc21. The molecule has 11 aromatic rings. The van der Waals surface area contributed by atoms with Gasteiger partial charge in [0, 0.05) is 87.4 Å². The maximum absolute atomic E-state index is 5.98. The molecular weight excluding hydrogens is 841 g/mol. The molecule has 2 N–H and O–H groups in total. The number of nitrogens with zero attached hydrogens (tertiary/aromatic N) is 2. The van der Waals surface area contributed by atoms with Crippen LogP contribution in [0.15, 0.2) is 121 Å². The molecule has 0 fully saturated rings. The lowest BCUT2D eigenvalue weighted by Gasteiger charge is -2.11. The molecule has 2 aliphatic rings. The normalized spacial score (nSPS) is 12.1.